The number of aromatic nitrogens is 1. The van der Waals surface area contributed by atoms with Crippen LogP contribution in [-0.2, 0) is 0 Å². The summed E-state index contributed by atoms with van der Waals surface area (Å²) in [5.41, 5.74) is 0.0641. The van der Waals surface area contributed by atoms with Gasteiger partial charge in [-0.1, -0.05) is 33.1 Å². The number of pyridine rings is 1. The van der Waals surface area contributed by atoms with E-state index in [0.717, 1.165) is 32.1 Å². The molecule has 2 N–H and O–H groups in total. The van der Waals surface area contributed by atoms with Crippen LogP contribution < -0.4 is 10.6 Å². The molecule has 1 aromatic rings. The van der Waals surface area contributed by atoms with E-state index in [0.29, 0.717) is 24.2 Å². The van der Waals surface area contributed by atoms with Crippen LogP contribution in [0.15, 0.2) is 12.1 Å². The van der Waals surface area contributed by atoms with Crippen molar-refractivity contribution in [1.29, 1.82) is 0 Å². The number of nitrogens with zero attached hydrogens (tertiary/aromatic N) is 2. The van der Waals surface area contributed by atoms with Crippen LogP contribution in [0.3, 0.4) is 0 Å². The number of nitrogens with one attached hydrogen (secondary N) is 2. The van der Waals surface area contributed by atoms with E-state index in [1.54, 1.807) is 0 Å². The number of hydrogen-bond donors (Lipinski definition) is 2. The van der Waals surface area contributed by atoms with Crippen molar-refractivity contribution >= 4 is 17.3 Å². The molecular weight excluding hydrogens is 268 g/mol. The van der Waals surface area contributed by atoms with E-state index in [1.165, 1.54) is 12.1 Å². The summed E-state index contributed by atoms with van der Waals surface area (Å²) in [5.74, 6) is 1.12. The monoisotopic (exact) mass is 294 g/mol. The number of rotatable bonds is 10. The number of nitro groups is 1. The minimum atomic E-state index is -0.380. The summed E-state index contributed by atoms with van der Waals surface area (Å²) in [4.78, 5) is 15.0. The first-order valence-electron chi connectivity index (χ1n) is 7.77. The van der Waals surface area contributed by atoms with Crippen molar-refractivity contribution in [2.45, 2.75) is 58.9 Å². The van der Waals surface area contributed by atoms with E-state index in [9.17, 15) is 10.1 Å². The van der Waals surface area contributed by atoms with E-state index in [2.05, 4.69) is 29.5 Å². The lowest BCUT2D eigenvalue weighted by Gasteiger charge is -2.19. The molecule has 0 aromatic carbocycles. The highest BCUT2D eigenvalue weighted by Crippen LogP contribution is 2.22. The van der Waals surface area contributed by atoms with Gasteiger partial charge in [-0.25, -0.2) is 4.98 Å². The van der Waals surface area contributed by atoms with Crippen LogP contribution in [0.2, 0.25) is 0 Å². The van der Waals surface area contributed by atoms with Crippen LogP contribution in [0.4, 0.5) is 17.3 Å². The van der Waals surface area contributed by atoms with E-state index < -0.39 is 0 Å². The standard InChI is InChI=1S/C15H26N4O2/c1-4-7-9-12(8-5-2)17-15-11-13(19(20)21)10-14(18-15)16-6-3/h10-12H,4-9H2,1-3H3,(H2,16,17,18). The highest BCUT2D eigenvalue weighted by molar-refractivity contribution is 5.55. The van der Waals surface area contributed by atoms with Gasteiger partial charge in [0.2, 0.25) is 0 Å². The molecule has 0 amide bonds. The van der Waals surface area contributed by atoms with Crippen LogP contribution in [0, 0.1) is 10.1 Å². The molecule has 0 radical (unpaired) electrons. The molecule has 0 bridgehead atoms. The molecule has 6 heteroatoms. The Labute approximate surface area is 126 Å². The lowest BCUT2D eigenvalue weighted by Crippen LogP contribution is -2.20. The topological polar surface area (TPSA) is 80.1 Å². The molecular formula is C15H26N4O2. The Kier molecular flexibility index (Phi) is 7.50. The van der Waals surface area contributed by atoms with Crippen molar-refractivity contribution in [3.8, 4) is 0 Å². The Morgan fingerprint density at radius 2 is 1.90 bits per heavy atom. The minimum Gasteiger partial charge on any atom is -0.370 e. The van der Waals surface area contributed by atoms with E-state index in [1.807, 2.05) is 6.92 Å². The molecule has 0 fully saturated rings. The molecule has 21 heavy (non-hydrogen) atoms. The molecule has 1 aromatic heterocycles. The Hall–Kier alpha value is -1.85. The molecule has 0 saturated heterocycles. The van der Waals surface area contributed by atoms with Gasteiger partial charge in [-0.3, -0.25) is 10.1 Å². The summed E-state index contributed by atoms with van der Waals surface area (Å²) < 4.78 is 0. The van der Waals surface area contributed by atoms with E-state index in [4.69, 9.17) is 0 Å². The van der Waals surface area contributed by atoms with Crippen molar-refractivity contribution in [3.05, 3.63) is 22.2 Å². The second-order valence-corrected chi connectivity index (χ2v) is 5.16. The Morgan fingerprint density at radius 1 is 1.19 bits per heavy atom. The number of unbranched alkanes of at least 4 members (excludes halogenated alkanes) is 1. The lowest BCUT2D eigenvalue weighted by molar-refractivity contribution is -0.384. The first-order chi connectivity index (χ1) is 10.1. The molecule has 0 aliphatic rings. The van der Waals surface area contributed by atoms with Crippen molar-refractivity contribution in [1.82, 2.24) is 4.98 Å². The lowest BCUT2D eigenvalue weighted by atomic mass is 10.1. The van der Waals surface area contributed by atoms with Gasteiger partial charge in [-0.05, 0) is 19.8 Å². The third-order valence-corrected chi connectivity index (χ3v) is 3.27. The fraction of sp³-hybridized carbons (Fsp3) is 0.667. The summed E-state index contributed by atoms with van der Waals surface area (Å²) in [7, 11) is 0. The van der Waals surface area contributed by atoms with Gasteiger partial charge >= 0.3 is 0 Å². The molecule has 1 unspecified atom stereocenters. The van der Waals surface area contributed by atoms with Crippen LogP contribution in [0.1, 0.15) is 52.9 Å². The average molecular weight is 294 g/mol. The van der Waals surface area contributed by atoms with Gasteiger partial charge in [0.25, 0.3) is 5.69 Å². The van der Waals surface area contributed by atoms with Crippen molar-refractivity contribution in [2.75, 3.05) is 17.2 Å². The predicted octanol–water partition coefficient (Wildman–Crippen LogP) is 4.19. The molecule has 6 nitrogen and oxygen atoms in total. The highest BCUT2D eigenvalue weighted by Gasteiger charge is 2.14. The largest absolute Gasteiger partial charge is 0.370 e. The molecule has 1 rings (SSSR count). The van der Waals surface area contributed by atoms with Crippen molar-refractivity contribution in [2.24, 2.45) is 0 Å². The zero-order chi connectivity index (χ0) is 15.7. The third-order valence-electron chi connectivity index (χ3n) is 3.27. The second kappa shape index (κ2) is 9.15. The number of anilines is 2. The van der Waals surface area contributed by atoms with Gasteiger partial charge in [0.1, 0.15) is 11.6 Å². The summed E-state index contributed by atoms with van der Waals surface area (Å²) in [5, 5.41) is 17.4. The van der Waals surface area contributed by atoms with Crippen molar-refractivity contribution < 1.29 is 4.92 Å². The normalized spacial score (nSPS) is 12.0. The van der Waals surface area contributed by atoms with Gasteiger partial charge in [0.15, 0.2) is 0 Å². The van der Waals surface area contributed by atoms with E-state index in [-0.39, 0.29) is 10.6 Å². The fourth-order valence-electron chi connectivity index (χ4n) is 2.26. The van der Waals surface area contributed by atoms with Gasteiger partial charge in [-0.2, -0.15) is 0 Å². The zero-order valence-corrected chi connectivity index (χ0v) is 13.2. The van der Waals surface area contributed by atoms with Gasteiger partial charge in [0, 0.05) is 12.6 Å². The van der Waals surface area contributed by atoms with E-state index >= 15 is 0 Å². The number of hydrogen-bond acceptors (Lipinski definition) is 5. The molecule has 118 valence electrons. The molecule has 1 atom stereocenters. The zero-order valence-electron chi connectivity index (χ0n) is 13.2. The fourth-order valence-corrected chi connectivity index (χ4v) is 2.26. The maximum absolute atomic E-state index is 11.0. The van der Waals surface area contributed by atoms with Crippen LogP contribution >= 0.6 is 0 Å². The summed E-state index contributed by atoms with van der Waals surface area (Å²) in [6.07, 6.45) is 5.47. The SMILES string of the molecule is CCCCC(CCC)Nc1cc([N+](=O)[O-])cc(NCC)n1. The van der Waals surface area contributed by atoms with Crippen LogP contribution in [-0.4, -0.2) is 22.5 Å². The summed E-state index contributed by atoms with van der Waals surface area (Å²) in [6, 6.07) is 3.30. The first-order valence-corrected chi connectivity index (χ1v) is 7.77. The van der Waals surface area contributed by atoms with Crippen LogP contribution in [0.5, 0.6) is 0 Å². The highest BCUT2D eigenvalue weighted by atomic mass is 16.6. The molecule has 0 aliphatic carbocycles. The maximum atomic E-state index is 11.0. The summed E-state index contributed by atoms with van der Waals surface area (Å²) in [6.45, 7) is 6.93. The van der Waals surface area contributed by atoms with Gasteiger partial charge in [0.05, 0.1) is 17.1 Å². The Bertz CT molecular complexity index is 451. The third kappa shape index (κ3) is 5.97. The van der Waals surface area contributed by atoms with Crippen LogP contribution in [0.25, 0.3) is 0 Å². The molecule has 0 saturated carbocycles. The first kappa shape index (κ1) is 17.2. The second-order valence-electron chi connectivity index (χ2n) is 5.16. The summed E-state index contributed by atoms with van der Waals surface area (Å²) >= 11 is 0. The van der Waals surface area contributed by atoms with Gasteiger partial charge < -0.3 is 10.6 Å². The maximum Gasteiger partial charge on any atom is 0.276 e. The molecule has 1 heterocycles. The smallest absolute Gasteiger partial charge is 0.276 e. The Morgan fingerprint density at radius 3 is 2.48 bits per heavy atom. The molecule has 0 spiro atoms. The quantitative estimate of drug-likeness (QED) is 0.499. The molecule has 0 aliphatic heterocycles. The Balaban J connectivity index is 2.89. The predicted molar refractivity (Wildman–Crippen MR) is 86.9 cm³/mol. The van der Waals surface area contributed by atoms with Crippen molar-refractivity contribution in [3.63, 3.8) is 0 Å². The van der Waals surface area contributed by atoms with Gasteiger partial charge in [-0.15, -0.1) is 0 Å². The minimum absolute atomic E-state index is 0.0641. The average Bonchev–Trinajstić information content (AvgIpc) is 2.45.